The van der Waals surface area contributed by atoms with E-state index in [4.69, 9.17) is 0 Å². The lowest BCUT2D eigenvalue weighted by atomic mass is 9.84. The van der Waals surface area contributed by atoms with Gasteiger partial charge in [-0.3, -0.25) is 4.79 Å². The first-order chi connectivity index (χ1) is 9.32. The molecule has 0 fully saturated rings. The van der Waals surface area contributed by atoms with E-state index in [9.17, 15) is 23.5 Å². The van der Waals surface area contributed by atoms with Crippen LogP contribution in [0.15, 0.2) is 29.5 Å². The van der Waals surface area contributed by atoms with Crippen LogP contribution in [0.3, 0.4) is 0 Å². The Bertz CT molecular complexity index is 625. The summed E-state index contributed by atoms with van der Waals surface area (Å²) in [4.78, 5) is 24.5. The van der Waals surface area contributed by atoms with Gasteiger partial charge in [0.25, 0.3) is 0 Å². The molecule has 20 heavy (non-hydrogen) atoms. The van der Waals surface area contributed by atoms with Crippen molar-refractivity contribution in [1.29, 1.82) is 0 Å². The third-order valence-electron chi connectivity index (χ3n) is 3.57. The Morgan fingerprint density at radius 3 is 2.55 bits per heavy atom. The summed E-state index contributed by atoms with van der Waals surface area (Å²) in [7, 11) is 1.49. The maximum absolute atomic E-state index is 13.3. The zero-order valence-corrected chi connectivity index (χ0v) is 11.0. The van der Waals surface area contributed by atoms with Gasteiger partial charge in [0.2, 0.25) is 5.91 Å². The second-order valence-corrected chi connectivity index (χ2v) is 4.69. The quantitative estimate of drug-likeness (QED) is 0.904. The molecular weight excluding hydrogens is 268 g/mol. The summed E-state index contributed by atoms with van der Waals surface area (Å²) in [5.41, 5.74) is 0.615. The highest BCUT2D eigenvalue weighted by atomic mass is 19.2. The van der Waals surface area contributed by atoms with Crippen molar-refractivity contribution in [1.82, 2.24) is 4.90 Å². The predicted molar refractivity (Wildman–Crippen MR) is 66.8 cm³/mol. The van der Waals surface area contributed by atoms with Crippen molar-refractivity contribution >= 4 is 11.9 Å². The Hall–Kier alpha value is -2.24. The molecule has 1 atom stereocenters. The number of aliphatic carboxylic acids is 1. The molecule has 1 unspecified atom stereocenters. The first-order valence-corrected chi connectivity index (χ1v) is 5.98. The van der Waals surface area contributed by atoms with Gasteiger partial charge in [0.05, 0.1) is 5.57 Å². The number of hydrogen-bond acceptors (Lipinski definition) is 2. The van der Waals surface area contributed by atoms with Crippen LogP contribution in [-0.2, 0) is 9.59 Å². The van der Waals surface area contributed by atoms with Crippen molar-refractivity contribution in [3.05, 3.63) is 46.7 Å². The summed E-state index contributed by atoms with van der Waals surface area (Å²) < 4.78 is 26.3. The fraction of sp³-hybridized carbons (Fsp3) is 0.286. The van der Waals surface area contributed by atoms with Crippen LogP contribution in [0.5, 0.6) is 0 Å². The van der Waals surface area contributed by atoms with Crippen LogP contribution in [0, 0.1) is 11.6 Å². The van der Waals surface area contributed by atoms with E-state index < -0.39 is 23.5 Å². The summed E-state index contributed by atoms with van der Waals surface area (Å²) >= 11 is 0. The minimum Gasteiger partial charge on any atom is -0.478 e. The number of carbonyl (C=O) groups excluding carboxylic acids is 1. The maximum atomic E-state index is 13.3. The van der Waals surface area contributed by atoms with Gasteiger partial charge in [-0.15, -0.1) is 0 Å². The molecule has 0 aliphatic carbocycles. The summed E-state index contributed by atoms with van der Waals surface area (Å²) in [6.45, 7) is 1.52. The van der Waals surface area contributed by atoms with Crippen LogP contribution in [0.1, 0.15) is 24.8 Å². The molecule has 0 bridgehead atoms. The second kappa shape index (κ2) is 5.03. The third kappa shape index (κ3) is 2.29. The van der Waals surface area contributed by atoms with E-state index in [1.165, 1.54) is 24.9 Å². The van der Waals surface area contributed by atoms with E-state index in [0.717, 1.165) is 12.1 Å². The van der Waals surface area contributed by atoms with Gasteiger partial charge in [-0.05, 0) is 24.6 Å². The van der Waals surface area contributed by atoms with Gasteiger partial charge < -0.3 is 10.0 Å². The van der Waals surface area contributed by atoms with Crippen molar-refractivity contribution in [3.63, 3.8) is 0 Å². The molecule has 106 valence electrons. The molecular formula is C14H13F2NO3. The molecule has 1 aliphatic heterocycles. The number of amides is 1. The van der Waals surface area contributed by atoms with Crippen LogP contribution in [-0.4, -0.2) is 28.9 Å². The normalized spacial score (nSPS) is 19.5. The highest BCUT2D eigenvalue weighted by Gasteiger charge is 2.34. The fourth-order valence-corrected chi connectivity index (χ4v) is 2.35. The Labute approximate surface area is 114 Å². The van der Waals surface area contributed by atoms with Gasteiger partial charge in [-0.25, -0.2) is 13.6 Å². The van der Waals surface area contributed by atoms with Gasteiger partial charge in [-0.1, -0.05) is 6.07 Å². The second-order valence-electron chi connectivity index (χ2n) is 4.69. The van der Waals surface area contributed by atoms with Crippen molar-refractivity contribution in [3.8, 4) is 0 Å². The van der Waals surface area contributed by atoms with Crippen LogP contribution in [0.25, 0.3) is 0 Å². The molecule has 0 spiro atoms. The molecule has 1 N–H and O–H groups in total. The molecule has 0 saturated heterocycles. The van der Waals surface area contributed by atoms with Gasteiger partial charge in [0.15, 0.2) is 11.6 Å². The molecule has 1 aliphatic rings. The number of benzene rings is 1. The Morgan fingerprint density at radius 2 is 2.00 bits per heavy atom. The summed E-state index contributed by atoms with van der Waals surface area (Å²) in [6.07, 6.45) is -0.0828. The highest BCUT2D eigenvalue weighted by Crippen LogP contribution is 2.36. The number of halogens is 2. The van der Waals surface area contributed by atoms with Gasteiger partial charge >= 0.3 is 5.97 Å². The SMILES string of the molecule is CC1=C(C(=O)O)C(c2ccc(F)c(F)c2)CC(=O)N1C. The van der Waals surface area contributed by atoms with Crippen molar-refractivity contribution in [2.24, 2.45) is 0 Å². The first kappa shape index (κ1) is 14.2. The standard InChI is InChI=1S/C14H13F2NO3/c1-7-13(14(19)20)9(6-12(18)17(7)2)8-3-4-10(15)11(16)5-8/h3-5,9H,6H2,1-2H3,(H,19,20). The molecule has 4 nitrogen and oxygen atoms in total. The average Bonchev–Trinajstić information content (AvgIpc) is 2.38. The fourth-order valence-electron chi connectivity index (χ4n) is 2.35. The Morgan fingerprint density at radius 1 is 1.35 bits per heavy atom. The monoisotopic (exact) mass is 281 g/mol. The smallest absolute Gasteiger partial charge is 0.333 e. The zero-order chi connectivity index (χ0) is 15.0. The van der Waals surface area contributed by atoms with Crippen molar-refractivity contribution in [2.45, 2.75) is 19.3 Å². The maximum Gasteiger partial charge on any atom is 0.333 e. The largest absolute Gasteiger partial charge is 0.478 e. The molecule has 1 amide bonds. The zero-order valence-electron chi connectivity index (χ0n) is 11.0. The Balaban J connectivity index is 2.56. The van der Waals surface area contributed by atoms with E-state index in [1.54, 1.807) is 0 Å². The molecule has 0 radical (unpaired) electrons. The highest BCUT2D eigenvalue weighted by molar-refractivity contribution is 5.94. The number of carboxylic acid groups (broad SMARTS) is 1. The molecule has 1 heterocycles. The van der Waals surface area contributed by atoms with Crippen LogP contribution in [0.2, 0.25) is 0 Å². The molecule has 0 saturated carbocycles. The molecule has 1 aromatic carbocycles. The van der Waals surface area contributed by atoms with E-state index in [0.29, 0.717) is 5.70 Å². The van der Waals surface area contributed by atoms with Crippen LogP contribution >= 0.6 is 0 Å². The van der Waals surface area contributed by atoms with E-state index >= 15 is 0 Å². The summed E-state index contributed by atoms with van der Waals surface area (Å²) in [5.74, 6) is -4.27. The molecule has 2 rings (SSSR count). The van der Waals surface area contributed by atoms with Gasteiger partial charge in [0, 0.05) is 25.1 Å². The number of nitrogens with zero attached hydrogens (tertiary/aromatic N) is 1. The molecule has 6 heteroatoms. The van der Waals surface area contributed by atoms with E-state index in [1.807, 2.05) is 0 Å². The minimum absolute atomic E-state index is 0.0260. The van der Waals surface area contributed by atoms with Crippen molar-refractivity contribution in [2.75, 3.05) is 7.05 Å². The number of carboxylic acids is 1. The lowest BCUT2D eigenvalue weighted by molar-refractivity contribution is -0.134. The van der Waals surface area contributed by atoms with E-state index in [2.05, 4.69) is 0 Å². The molecule has 1 aromatic rings. The molecule has 0 aromatic heterocycles. The lowest BCUT2D eigenvalue weighted by Crippen LogP contribution is -2.35. The van der Waals surface area contributed by atoms with Gasteiger partial charge in [-0.2, -0.15) is 0 Å². The van der Waals surface area contributed by atoms with E-state index in [-0.39, 0.29) is 23.5 Å². The number of carbonyl (C=O) groups is 2. The lowest BCUT2D eigenvalue weighted by Gasteiger charge is -2.31. The number of allylic oxidation sites excluding steroid dienone is 1. The number of rotatable bonds is 2. The number of hydrogen-bond donors (Lipinski definition) is 1. The topological polar surface area (TPSA) is 57.6 Å². The average molecular weight is 281 g/mol. The summed E-state index contributed by atoms with van der Waals surface area (Å²) in [6, 6.07) is 3.18. The third-order valence-corrected chi connectivity index (χ3v) is 3.57. The van der Waals surface area contributed by atoms with Crippen molar-refractivity contribution < 1.29 is 23.5 Å². The minimum atomic E-state index is -1.17. The van der Waals surface area contributed by atoms with Crippen LogP contribution < -0.4 is 0 Å². The van der Waals surface area contributed by atoms with Gasteiger partial charge in [0.1, 0.15) is 0 Å². The Kier molecular flexibility index (Phi) is 3.57. The summed E-state index contributed by atoms with van der Waals surface area (Å²) in [5, 5.41) is 9.30. The predicted octanol–water partition coefficient (Wildman–Crippen LogP) is 2.27. The van der Waals surface area contributed by atoms with Crippen LogP contribution in [0.4, 0.5) is 8.78 Å². The first-order valence-electron chi connectivity index (χ1n) is 5.98.